The summed E-state index contributed by atoms with van der Waals surface area (Å²) in [6.07, 6.45) is 0. The number of carbonyl (C=O) groups is 1. The summed E-state index contributed by atoms with van der Waals surface area (Å²) in [7, 11) is 1.61. The molecule has 0 aliphatic heterocycles. The topological polar surface area (TPSA) is 42.0 Å². The molecule has 1 N–H and O–H groups in total. The van der Waals surface area contributed by atoms with E-state index in [1.807, 2.05) is 12.1 Å². The van der Waals surface area contributed by atoms with E-state index in [4.69, 9.17) is 0 Å². The Balaban J connectivity index is 2.93. The normalized spacial score (nSPS) is 9.83. The van der Waals surface area contributed by atoms with Crippen LogP contribution in [0, 0.1) is 3.70 Å². The molecular formula is C8H10IN2O-. The van der Waals surface area contributed by atoms with Gasteiger partial charge < -0.3 is 0 Å². The molecule has 0 aliphatic carbocycles. The molecule has 66 valence electrons. The van der Waals surface area contributed by atoms with Gasteiger partial charge in [0.1, 0.15) is 0 Å². The Hall–Kier alpha value is -0.650. The molecule has 0 bridgehead atoms. The Morgan fingerprint density at radius 1 is 1.58 bits per heavy atom. The molecule has 0 fully saturated rings. The van der Waals surface area contributed by atoms with Crippen LogP contribution in [-0.2, 0) is 0 Å². The minimum absolute atomic E-state index is 0.0294. The van der Waals surface area contributed by atoms with Crippen LogP contribution in [0.5, 0.6) is 0 Å². The van der Waals surface area contributed by atoms with Crippen LogP contribution in [0.4, 0.5) is 0 Å². The number of carbonyl (C=O) groups excluding carboxylic acids is 1. The first-order chi connectivity index (χ1) is 5.77. The maximum absolute atomic E-state index is 11.1. The Kier molecular flexibility index (Phi) is 3.46. The molecule has 0 saturated carbocycles. The summed E-state index contributed by atoms with van der Waals surface area (Å²) in [5.41, 5.74) is 0.511. The van der Waals surface area contributed by atoms with E-state index >= 15 is 0 Å². The predicted molar refractivity (Wildman–Crippen MR) is 42.2 cm³/mol. The second-order valence-corrected chi connectivity index (χ2v) is 4.30. The fourth-order valence-electron chi connectivity index (χ4n) is 0.768. The molecule has 3 nitrogen and oxygen atoms in total. The Bertz CT molecular complexity index is 288. The van der Waals surface area contributed by atoms with Crippen LogP contribution in [0.3, 0.4) is 0 Å². The number of amides is 1. The van der Waals surface area contributed by atoms with Crippen molar-refractivity contribution in [1.82, 2.24) is 10.3 Å². The van der Waals surface area contributed by atoms with Gasteiger partial charge >= 0.3 is 81.8 Å². The number of hydrogen-bond acceptors (Lipinski definition) is 2. The van der Waals surface area contributed by atoms with Crippen LogP contribution in [0.2, 0.25) is 0 Å². The summed E-state index contributed by atoms with van der Waals surface area (Å²) in [6, 6.07) is 5.55. The zero-order valence-electron chi connectivity index (χ0n) is 6.97. The van der Waals surface area contributed by atoms with Crippen molar-refractivity contribution in [3.8, 4) is 0 Å². The summed E-state index contributed by atoms with van der Waals surface area (Å²) in [5.74, 6) is -0.116. The molecule has 1 amide bonds. The third kappa shape index (κ3) is 2.17. The number of rotatable bonds is 2. The van der Waals surface area contributed by atoms with Gasteiger partial charge in [0.15, 0.2) is 0 Å². The Morgan fingerprint density at radius 2 is 2.33 bits per heavy atom. The second-order valence-electron chi connectivity index (χ2n) is 2.11. The molecule has 0 aromatic carbocycles. The third-order valence-corrected chi connectivity index (χ3v) is 3.07. The number of nitrogens with zero attached hydrogens (tertiary/aromatic N) is 1. The molecule has 12 heavy (non-hydrogen) atoms. The molecule has 0 saturated heterocycles. The van der Waals surface area contributed by atoms with Gasteiger partial charge in [0.2, 0.25) is 0 Å². The Labute approximate surface area is 81.8 Å². The van der Waals surface area contributed by atoms with Crippen molar-refractivity contribution in [2.75, 3.05) is 12.0 Å². The van der Waals surface area contributed by atoms with Gasteiger partial charge in [-0.1, -0.05) is 0 Å². The average Bonchev–Trinajstić information content (AvgIpc) is 2.17. The van der Waals surface area contributed by atoms with Crippen LogP contribution in [0.25, 0.3) is 0 Å². The number of alkyl halides is 1. The molecule has 1 rings (SSSR count). The number of pyridine rings is 1. The monoisotopic (exact) mass is 277 g/mol. The van der Waals surface area contributed by atoms with Gasteiger partial charge in [-0.15, -0.1) is 0 Å². The van der Waals surface area contributed by atoms with E-state index < -0.39 is 0 Å². The van der Waals surface area contributed by atoms with Crippen LogP contribution < -0.4 is 26.5 Å². The van der Waals surface area contributed by atoms with Crippen molar-refractivity contribution < 1.29 is 26.0 Å². The van der Waals surface area contributed by atoms with Crippen molar-refractivity contribution >= 4 is 5.91 Å². The van der Waals surface area contributed by atoms with E-state index in [2.05, 4.69) is 15.2 Å². The van der Waals surface area contributed by atoms with Crippen LogP contribution in [0.1, 0.15) is 10.5 Å². The van der Waals surface area contributed by atoms with Gasteiger partial charge in [0.25, 0.3) is 0 Å². The summed E-state index contributed by atoms with van der Waals surface area (Å²) in [6.45, 7) is 0. The average molecular weight is 277 g/mol. The van der Waals surface area contributed by atoms with E-state index in [0.717, 1.165) is 3.70 Å². The molecule has 4 heteroatoms. The fourth-order valence-corrected chi connectivity index (χ4v) is 1.84. The molecule has 1 aromatic rings. The first kappa shape index (κ1) is 9.44. The van der Waals surface area contributed by atoms with Gasteiger partial charge in [-0.25, -0.2) is 0 Å². The molecule has 1 heterocycles. The van der Waals surface area contributed by atoms with Crippen LogP contribution in [-0.4, -0.2) is 22.9 Å². The van der Waals surface area contributed by atoms with Crippen molar-refractivity contribution in [2.45, 2.75) is 0 Å². The van der Waals surface area contributed by atoms with E-state index in [1.54, 1.807) is 13.1 Å². The third-order valence-electron chi connectivity index (χ3n) is 1.37. The molecule has 0 unspecified atom stereocenters. The number of nitrogens with one attached hydrogen (secondary N) is 1. The minimum atomic E-state index is -0.116. The quantitative estimate of drug-likeness (QED) is 0.364. The first-order valence-electron chi connectivity index (χ1n) is 3.46. The number of hydrogen-bond donors (Lipinski definition) is 1. The van der Waals surface area contributed by atoms with Crippen molar-refractivity contribution in [1.29, 1.82) is 0 Å². The van der Waals surface area contributed by atoms with Crippen molar-refractivity contribution in [2.24, 2.45) is 0 Å². The van der Waals surface area contributed by atoms with Gasteiger partial charge in [-0.3, -0.25) is 0 Å². The van der Waals surface area contributed by atoms with E-state index in [1.165, 1.54) is 0 Å². The molecule has 0 aliphatic rings. The van der Waals surface area contributed by atoms with E-state index in [-0.39, 0.29) is 27.1 Å². The molecule has 0 radical (unpaired) electrons. The standard InChI is InChI=1S/C8H10IN2O/c1-9-7-5-3-4-6(11-7)8(12)10-2/h3-5H,1-2H3,(H,10,12)/q-1. The molecule has 0 spiro atoms. The van der Waals surface area contributed by atoms with Crippen LogP contribution >= 0.6 is 0 Å². The van der Waals surface area contributed by atoms with E-state index in [9.17, 15) is 4.79 Å². The summed E-state index contributed by atoms with van der Waals surface area (Å²) < 4.78 is 1.05. The maximum atomic E-state index is 11.1. The van der Waals surface area contributed by atoms with Gasteiger partial charge in [-0.2, -0.15) is 0 Å². The fraction of sp³-hybridized carbons (Fsp3) is 0.250. The zero-order valence-corrected chi connectivity index (χ0v) is 9.12. The Morgan fingerprint density at radius 3 is 2.92 bits per heavy atom. The molecule has 0 atom stereocenters. The summed E-state index contributed by atoms with van der Waals surface area (Å²) in [5, 5.41) is 2.54. The van der Waals surface area contributed by atoms with Crippen LogP contribution in [0.15, 0.2) is 18.2 Å². The number of aromatic nitrogens is 1. The van der Waals surface area contributed by atoms with Crippen molar-refractivity contribution in [3.63, 3.8) is 0 Å². The van der Waals surface area contributed by atoms with Gasteiger partial charge in [-0.05, 0) is 0 Å². The van der Waals surface area contributed by atoms with Gasteiger partial charge in [0, 0.05) is 0 Å². The zero-order chi connectivity index (χ0) is 8.97. The first-order valence-corrected chi connectivity index (χ1v) is 6.70. The van der Waals surface area contributed by atoms with E-state index in [0.29, 0.717) is 5.69 Å². The molecular weight excluding hydrogens is 267 g/mol. The second kappa shape index (κ2) is 4.39. The van der Waals surface area contributed by atoms with Crippen molar-refractivity contribution in [3.05, 3.63) is 27.6 Å². The summed E-state index contributed by atoms with van der Waals surface area (Å²) >= 11 is -0.0294. The van der Waals surface area contributed by atoms with Gasteiger partial charge in [0.05, 0.1) is 0 Å². The SMILES string of the molecule is CNC(=O)c1cccc([I-]C)n1. The predicted octanol–water partition coefficient (Wildman–Crippen LogP) is -2.67. The summed E-state index contributed by atoms with van der Waals surface area (Å²) in [4.78, 5) is 17.4. The molecule has 1 aromatic heterocycles. The number of halogens is 1.